The first-order valence-corrected chi connectivity index (χ1v) is 7.77. The lowest BCUT2D eigenvalue weighted by Gasteiger charge is -2.33. The van der Waals surface area contributed by atoms with Crippen LogP contribution in [0.5, 0.6) is 0 Å². The Morgan fingerprint density at radius 1 is 1.35 bits per heavy atom. The molecule has 1 aromatic rings. The summed E-state index contributed by atoms with van der Waals surface area (Å²) in [6.07, 6.45) is 4.25. The van der Waals surface area contributed by atoms with Crippen LogP contribution in [0.4, 0.5) is 5.69 Å². The Balaban J connectivity index is 2.07. The Morgan fingerprint density at radius 2 is 2.05 bits per heavy atom. The van der Waals surface area contributed by atoms with Crippen molar-refractivity contribution in [2.75, 3.05) is 25.2 Å². The van der Waals surface area contributed by atoms with Gasteiger partial charge >= 0.3 is 0 Å². The molecule has 1 aliphatic heterocycles. The minimum atomic E-state index is 0.271. The standard InChI is InChI=1S/C17H28N2O/c1-4-15(18)12-14-5-6-17(11-13(14)2)19(3)16-7-9-20-10-8-16/h5-6,11,15-16H,4,7-10,12,18H2,1-3H3. The van der Waals surface area contributed by atoms with Crippen LogP contribution in [0.2, 0.25) is 0 Å². The molecule has 0 aromatic heterocycles. The molecule has 1 aromatic carbocycles. The van der Waals surface area contributed by atoms with Gasteiger partial charge in [-0.25, -0.2) is 0 Å². The Morgan fingerprint density at radius 3 is 2.65 bits per heavy atom. The number of aryl methyl sites for hydroxylation is 1. The maximum atomic E-state index is 6.06. The third-order valence-corrected chi connectivity index (χ3v) is 4.48. The molecule has 2 rings (SSSR count). The highest BCUT2D eigenvalue weighted by Gasteiger charge is 2.19. The largest absolute Gasteiger partial charge is 0.381 e. The number of benzene rings is 1. The summed E-state index contributed by atoms with van der Waals surface area (Å²) in [6, 6.07) is 7.66. The average molecular weight is 276 g/mol. The van der Waals surface area contributed by atoms with Gasteiger partial charge in [0.15, 0.2) is 0 Å². The van der Waals surface area contributed by atoms with Gasteiger partial charge in [0.25, 0.3) is 0 Å². The van der Waals surface area contributed by atoms with E-state index >= 15 is 0 Å². The van der Waals surface area contributed by atoms with Crippen LogP contribution < -0.4 is 10.6 Å². The van der Waals surface area contributed by atoms with Crippen molar-refractivity contribution in [2.24, 2.45) is 5.73 Å². The third-order valence-electron chi connectivity index (χ3n) is 4.48. The lowest BCUT2D eigenvalue weighted by molar-refractivity contribution is 0.0855. The molecular weight excluding hydrogens is 248 g/mol. The molecule has 20 heavy (non-hydrogen) atoms. The zero-order chi connectivity index (χ0) is 14.5. The van der Waals surface area contributed by atoms with Crippen molar-refractivity contribution in [1.82, 2.24) is 0 Å². The first-order chi connectivity index (χ1) is 9.61. The first kappa shape index (κ1) is 15.3. The fourth-order valence-corrected chi connectivity index (χ4v) is 2.84. The van der Waals surface area contributed by atoms with Crippen LogP contribution in [0, 0.1) is 6.92 Å². The molecule has 0 aliphatic carbocycles. The number of anilines is 1. The molecule has 1 heterocycles. The topological polar surface area (TPSA) is 38.5 Å². The van der Waals surface area contributed by atoms with Crippen molar-refractivity contribution in [3.05, 3.63) is 29.3 Å². The molecule has 1 atom stereocenters. The van der Waals surface area contributed by atoms with E-state index in [1.807, 2.05) is 0 Å². The average Bonchev–Trinajstić information content (AvgIpc) is 2.49. The molecule has 1 unspecified atom stereocenters. The fourth-order valence-electron chi connectivity index (χ4n) is 2.84. The van der Waals surface area contributed by atoms with Gasteiger partial charge in [-0.15, -0.1) is 0 Å². The highest BCUT2D eigenvalue weighted by molar-refractivity contribution is 5.51. The molecule has 2 N–H and O–H groups in total. The van der Waals surface area contributed by atoms with E-state index in [-0.39, 0.29) is 6.04 Å². The molecule has 3 heteroatoms. The highest BCUT2D eigenvalue weighted by atomic mass is 16.5. The van der Waals surface area contributed by atoms with Gasteiger partial charge in [0.1, 0.15) is 0 Å². The van der Waals surface area contributed by atoms with Gasteiger partial charge in [-0.05, 0) is 55.9 Å². The number of nitrogens with zero attached hydrogens (tertiary/aromatic N) is 1. The quantitative estimate of drug-likeness (QED) is 0.898. The Labute approximate surface area is 123 Å². The second kappa shape index (κ2) is 7.09. The van der Waals surface area contributed by atoms with Gasteiger partial charge in [-0.1, -0.05) is 13.0 Å². The predicted octanol–water partition coefficient (Wildman–Crippen LogP) is 2.89. The van der Waals surface area contributed by atoms with Crippen molar-refractivity contribution in [3.63, 3.8) is 0 Å². The van der Waals surface area contributed by atoms with E-state index in [9.17, 15) is 0 Å². The molecule has 0 amide bonds. The second-order valence-corrected chi connectivity index (χ2v) is 5.94. The Kier molecular flexibility index (Phi) is 5.44. The van der Waals surface area contributed by atoms with Crippen LogP contribution in [-0.2, 0) is 11.2 Å². The Bertz CT molecular complexity index is 427. The first-order valence-electron chi connectivity index (χ1n) is 7.77. The summed E-state index contributed by atoms with van der Waals surface area (Å²) in [5.41, 5.74) is 10.1. The van der Waals surface area contributed by atoms with Gasteiger partial charge in [0, 0.05) is 38.0 Å². The van der Waals surface area contributed by atoms with Gasteiger partial charge in [0.2, 0.25) is 0 Å². The molecule has 0 saturated carbocycles. The summed E-state index contributed by atoms with van der Waals surface area (Å²) in [4.78, 5) is 2.40. The summed E-state index contributed by atoms with van der Waals surface area (Å²) in [6.45, 7) is 6.11. The van der Waals surface area contributed by atoms with E-state index < -0.39 is 0 Å². The van der Waals surface area contributed by atoms with E-state index in [2.05, 4.69) is 44.0 Å². The number of nitrogens with two attached hydrogens (primary N) is 1. The van der Waals surface area contributed by atoms with Crippen molar-refractivity contribution >= 4 is 5.69 Å². The van der Waals surface area contributed by atoms with Crippen LogP contribution in [0.15, 0.2) is 18.2 Å². The molecule has 1 fully saturated rings. The Hall–Kier alpha value is -1.06. The number of hydrogen-bond acceptors (Lipinski definition) is 3. The molecule has 0 bridgehead atoms. The van der Waals surface area contributed by atoms with Crippen molar-refractivity contribution < 1.29 is 4.74 Å². The van der Waals surface area contributed by atoms with Crippen LogP contribution in [0.1, 0.15) is 37.3 Å². The van der Waals surface area contributed by atoms with Gasteiger partial charge < -0.3 is 15.4 Å². The summed E-state index contributed by atoms with van der Waals surface area (Å²) in [5, 5.41) is 0. The van der Waals surface area contributed by atoms with E-state index in [1.165, 1.54) is 16.8 Å². The van der Waals surface area contributed by atoms with Crippen molar-refractivity contribution in [2.45, 2.75) is 51.6 Å². The zero-order valence-electron chi connectivity index (χ0n) is 13.1. The molecular formula is C17H28N2O. The van der Waals surface area contributed by atoms with E-state index in [0.717, 1.165) is 38.9 Å². The molecule has 0 spiro atoms. The molecule has 1 aliphatic rings. The summed E-state index contributed by atoms with van der Waals surface area (Å²) in [5.74, 6) is 0. The van der Waals surface area contributed by atoms with Gasteiger partial charge in [0.05, 0.1) is 0 Å². The summed E-state index contributed by atoms with van der Waals surface area (Å²) >= 11 is 0. The monoisotopic (exact) mass is 276 g/mol. The zero-order valence-corrected chi connectivity index (χ0v) is 13.1. The summed E-state index contributed by atoms with van der Waals surface area (Å²) in [7, 11) is 2.20. The number of hydrogen-bond donors (Lipinski definition) is 1. The normalized spacial score (nSPS) is 18.0. The molecule has 112 valence electrons. The van der Waals surface area contributed by atoms with Crippen molar-refractivity contribution in [1.29, 1.82) is 0 Å². The lowest BCUT2D eigenvalue weighted by atomic mass is 9.98. The second-order valence-electron chi connectivity index (χ2n) is 5.94. The minimum absolute atomic E-state index is 0.271. The van der Waals surface area contributed by atoms with Crippen LogP contribution in [0.25, 0.3) is 0 Å². The maximum Gasteiger partial charge on any atom is 0.0485 e. The molecule has 1 saturated heterocycles. The SMILES string of the molecule is CCC(N)Cc1ccc(N(C)C2CCOCC2)cc1C. The van der Waals surface area contributed by atoms with E-state index in [4.69, 9.17) is 10.5 Å². The van der Waals surface area contributed by atoms with Crippen LogP contribution in [-0.4, -0.2) is 32.3 Å². The minimum Gasteiger partial charge on any atom is -0.381 e. The highest BCUT2D eigenvalue weighted by Crippen LogP contribution is 2.24. The summed E-state index contributed by atoms with van der Waals surface area (Å²) < 4.78 is 5.44. The van der Waals surface area contributed by atoms with Gasteiger partial charge in [-0.2, -0.15) is 0 Å². The number of rotatable bonds is 5. The van der Waals surface area contributed by atoms with Crippen molar-refractivity contribution in [3.8, 4) is 0 Å². The van der Waals surface area contributed by atoms with Gasteiger partial charge in [-0.3, -0.25) is 0 Å². The van der Waals surface area contributed by atoms with Crippen LogP contribution >= 0.6 is 0 Å². The van der Waals surface area contributed by atoms with E-state index in [1.54, 1.807) is 0 Å². The smallest absolute Gasteiger partial charge is 0.0485 e. The fraction of sp³-hybridized carbons (Fsp3) is 0.647. The van der Waals surface area contributed by atoms with E-state index in [0.29, 0.717) is 6.04 Å². The van der Waals surface area contributed by atoms with Crippen LogP contribution in [0.3, 0.4) is 0 Å². The maximum absolute atomic E-state index is 6.06. The lowest BCUT2D eigenvalue weighted by Crippen LogP contribution is -2.36. The third kappa shape index (κ3) is 3.74. The predicted molar refractivity (Wildman–Crippen MR) is 85.4 cm³/mol. The molecule has 3 nitrogen and oxygen atoms in total. The molecule has 0 radical (unpaired) electrons. The number of ether oxygens (including phenoxy) is 1.